The second-order valence-corrected chi connectivity index (χ2v) is 6.95. The maximum absolute atomic E-state index is 12.8. The van der Waals surface area contributed by atoms with E-state index in [-0.39, 0.29) is 24.9 Å². The maximum Gasteiger partial charge on any atom is 0.274 e. The van der Waals surface area contributed by atoms with Crippen molar-refractivity contribution in [3.05, 3.63) is 53.3 Å². The number of aliphatic hydroxyl groups excluding tert-OH is 1. The average molecular weight is 393 g/mol. The average Bonchev–Trinajstić information content (AvgIpc) is 3.17. The van der Waals surface area contributed by atoms with Crippen LogP contribution in [0.2, 0.25) is 0 Å². The third kappa shape index (κ3) is 5.31. The van der Waals surface area contributed by atoms with Crippen LogP contribution in [0.5, 0.6) is 0 Å². The highest BCUT2D eigenvalue weighted by Gasteiger charge is 2.22. The monoisotopic (exact) mass is 392 g/mol. The fourth-order valence-electron chi connectivity index (χ4n) is 3.34. The highest BCUT2D eigenvalue weighted by Crippen LogP contribution is 2.18. The minimum Gasteiger partial charge on any atom is -0.387 e. The molecule has 7 heteroatoms. The van der Waals surface area contributed by atoms with E-state index in [1.54, 1.807) is 11.0 Å². The number of amides is 1. The Morgan fingerprint density at radius 3 is 2.74 bits per heavy atom. The third-order valence-corrected chi connectivity index (χ3v) is 5.00. The zero-order valence-corrected chi connectivity index (χ0v) is 16.8. The molecule has 1 fully saturated rings. The van der Waals surface area contributed by atoms with Gasteiger partial charge in [-0.3, -0.25) is 9.48 Å². The number of carbonyl (C=O) groups is 1. The van der Waals surface area contributed by atoms with Gasteiger partial charge in [0.05, 0.1) is 18.7 Å². The van der Waals surface area contributed by atoms with Crippen molar-refractivity contribution in [2.45, 2.75) is 38.8 Å². The first-order valence-corrected chi connectivity index (χ1v) is 9.38. The molecule has 0 radical (unpaired) electrons. The molecule has 2 unspecified atom stereocenters. The highest BCUT2D eigenvalue weighted by atomic mass is 35.5. The van der Waals surface area contributed by atoms with Crippen LogP contribution in [-0.2, 0) is 0 Å². The number of piperidine rings is 1. The molecule has 2 atom stereocenters. The second kappa shape index (κ2) is 9.88. The molecular formula is C20H29ClN4O2. The normalized spacial score (nSPS) is 17.8. The molecule has 1 aromatic carbocycles. The van der Waals surface area contributed by atoms with Crippen LogP contribution in [0.3, 0.4) is 0 Å². The van der Waals surface area contributed by atoms with Crippen LogP contribution in [0.1, 0.15) is 53.5 Å². The minimum absolute atomic E-state index is 0. The van der Waals surface area contributed by atoms with Crippen molar-refractivity contribution in [1.82, 2.24) is 20.0 Å². The molecular weight excluding hydrogens is 364 g/mol. The number of hydrogen-bond acceptors (Lipinski definition) is 4. The van der Waals surface area contributed by atoms with E-state index in [1.807, 2.05) is 49.0 Å². The number of carbonyl (C=O) groups excluding carboxylic acids is 1. The van der Waals surface area contributed by atoms with Crippen LogP contribution < -0.4 is 5.32 Å². The number of halogens is 1. The lowest BCUT2D eigenvalue weighted by Crippen LogP contribution is -2.35. The quantitative estimate of drug-likeness (QED) is 0.793. The number of rotatable bonds is 6. The largest absolute Gasteiger partial charge is 0.387 e. The number of aliphatic hydroxyl groups is 1. The van der Waals surface area contributed by atoms with E-state index in [2.05, 4.69) is 10.4 Å². The fourth-order valence-corrected chi connectivity index (χ4v) is 3.34. The standard InChI is InChI=1S/C20H28N4O2.ClH/c1-3-23(14-19(25)16-8-6-15(2)7-9-16)20(26)18-10-12-24(22-18)17-5-4-11-21-13-17;/h6-10,12,17,19,21,25H,3-5,11,13-14H2,1-2H3;1H. The molecule has 1 aliphatic heterocycles. The summed E-state index contributed by atoms with van der Waals surface area (Å²) in [4.78, 5) is 14.5. The van der Waals surface area contributed by atoms with Gasteiger partial charge in [-0.15, -0.1) is 12.4 Å². The van der Waals surface area contributed by atoms with Gasteiger partial charge in [0.1, 0.15) is 5.69 Å². The Labute approximate surface area is 167 Å². The summed E-state index contributed by atoms with van der Waals surface area (Å²) in [6.07, 6.45) is 3.38. The van der Waals surface area contributed by atoms with Crippen molar-refractivity contribution in [2.75, 3.05) is 26.2 Å². The van der Waals surface area contributed by atoms with Gasteiger partial charge in [-0.05, 0) is 44.9 Å². The van der Waals surface area contributed by atoms with Gasteiger partial charge in [-0.1, -0.05) is 29.8 Å². The van der Waals surface area contributed by atoms with Crippen LogP contribution >= 0.6 is 12.4 Å². The van der Waals surface area contributed by atoms with Crippen molar-refractivity contribution < 1.29 is 9.90 Å². The Kier molecular flexibility index (Phi) is 7.83. The van der Waals surface area contributed by atoms with Gasteiger partial charge < -0.3 is 15.3 Å². The Bertz CT molecular complexity index is 726. The van der Waals surface area contributed by atoms with Crippen LogP contribution in [0.25, 0.3) is 0 Å². The van der Waals surface area contributed by atoms with Crippen molar-refractivity contribution in [3.63, 3.8) is 0 Å². The summed E-state index contributed by atoms with van der Waals surface area (Å²) in [5, 5.41) is 18.4. The summed E-state index contributed by atoms with van der Waals surface area (Å²) in [5.74, 6) is -0.138. The summed E-state index contributed by atoms with van der Waals surface area (Å²) in [6.45, 7) is 6.65. The van der Waals surface area contributed by atoms with Crippen LogP contribution in [0, 0.1) is 6.92 Å². The molecule has 2 heterocycles. The molecule has 2 aromatic rings. The number of nitrogens with zero attached hydrogens (tertiary/aromatic N) is 3. The van der Waals surface area contributed by atoms with Crippen LogP contribution in [0.15, 0.2) is 36.5 Å². The molecule has 1 aliphatic rings. The number of aryl methyl sites for hydroxylation is 1. The topological polar surface area (TPSA) is 70.4 Å². The van der Waals surface area contributed by atoms with Gasteiger partial charge in [0.2, 0.25) is 0 Å². The maximum atomic E-state index is 12.8. The Balaban J connectivity index is 0.00000261. The molecule has 1 saturated heterocycles. The lowest BCUT2D eigenvalue weighted by Gasteiger charge is -2.24. The fraction of sp³-hybridized carbons (Fsp3) is 0.500. The number of hydrogen-bond donors (Lipinski definition) is 2. The number of benzene rings is 1. The minimum atomic E-state index is -0.705. The Hall–Kier alpha value is -1.89. The first-order valence-electron chi connectivity index (χ1n) is 9.38. The molecule has 0 spiro atoms. The highest BCUT2D eigenvalue weighted by molar-refractivity contribution is 5.92. The smallest absolute Gasteiger partial charge is 0.274 e. The van der Waals surface area contributed by atoms with Crippen molar-refractivity contribution in [3.8, 4) is 0 Å². The molecule has 148 valence electrons. The van der Waals surface area contributed by atoms with E-state index in [0.717, 1.165) is 37.1 Å². The van der Waals surface area contributed by atoms with E-state index < -0.39 is 6.10 Å². The van der Waals surface area contributed by atoms with Gasteiger partial charge in [-0.25, -0.2) is 0 Å². The van der Waals surface area contributed by atoms with E-state index in [9.17, 15) is 9.90 Å². The molecule has 2 N–H and O–H groups in total. The van der Waals surface area contributed by atoms with Crippen molar-refractivity contribution >= 4 is 18.3 Å². The molecule has 0 aliphatic carbocycles. The predicted molar refractivity (Wildman–Crippen MR) is 108 cm³/mol. The predicted octanol–water partition coefficient (Wildman–Crippen LogP) is 2.73. The van der Waals surface area contributed by atoms with Crippen LogP contribution in [0.4, 0.5) is 0 Å². The van der Waals surface area contributed by atoms with E-state index in [0.29, 0.717) is 18.3 Å². The number of likely N-dealkylation sites (N-methyl/N-ethyl adjacent to an activating group) is 1. The zero-order valence-electron chi connectivity index (χ0n) is 16.0. The third-order valence-electron chi connectivity index (χ3n) is 5.00. The van der Waals surface area contributed by atoms with Crippen molar-refractivity contribution in [1.29, 1.82) is 0 Å². The molecule has 0 bridgehead atoms. The van der Waals surface area contributed by atoms with Gasteiger partial charge in [-0.2, -0.15) is 5.10 Å². The Morgan fingerprint density at radius 2 is 2.11 bits per heavy atom. The molecule has 1 aromatic heterocycles. The van der Waals surface area contributed by atoms with E-state index in [4.69, 9.17) is 0 Å². The van der Waals surface area contributed by atoms with Crippen molar-refractivity contribution in [2.24, 2.45) is 0 Å². The van der Waals surface area contributed by atoms with Gasteiger partial charge >= 0.3 is 0 Å². The summed E-state index contributed by atoms with van der Waals surface area (Å²) in [5.41, 5.74) is 2.40. The van der Waals surface area contributed by atoms with E-state index >= 15 is 0 Å². The first-order chi connectivity index (χ1) is 12.6. The number of aromatic nitrogens is 2. The molecule has 1 amide bonds. The molecule has 6 nitrogen and oxygen atoms in total. The summed E-state index contributed by atoms with van der Waals surface area (Å²) in [7, 11) is 0. The molecule has 0 saturated carbocycles. The SMILES string of the molecule is CCN(CC(O)c1ccc(C)cc1)C(=O)c1ccn(C2CCCNC2)n1.Cl. The first kappa shape index (κ1) is 21.4. The number of nitrogens with one attached hydrogen (secondary N) is 1. The lowest BCUT2D eigenvalue weighted by atomic mass is 10.1. The summed E-state index contributed by atoms with van der Waals surface area (Å²) in [6, 6.07) is 9.83. The molecule has 3 rings (SSSR count). The van der Waals surface area contributed by atoms with E-state index in [1.165, 1.54) is 0 Å². The zero-order chi connectivity index (χ0) is 18.5. The lowest BCUT2D eigenvalue weighted by molar-refractivity contribution is 0.0628. The van der Waals surface area contributed by atoms with Gasteiger partial charge in [0.25, 0.3) is 5.91 Å². The summed E-state index contributed by atoms with van der Waals surface area (Å²) < 4.78 is 1.89. The summed E-state index contributed by atoms with van der Waals surface area (Å²) >= 11 is 0. The Morgan fingerprint density at radius 1 is 1.37 bits per heavy atom. The van der Waals surface area contributed by atoms with Gasteiger partial charge in [0, 0.05) is 19.3 Å². The van der Waals surface area contributed by atoms with Gasteiger partial charge in [0.15, 0.2) is 0 Å². The second-order valence-electron chi connectivity index (χ2n) is 6.95. The van der Waals surface area contributed by atoms with Crippen LogP contribution in [-0.4, -0.2) is 51.9 Å². The molecule has 27 heavy (non-hydrogen) atoms.